The summed E-state index contributed by atoms with van der Waals surface area (Å²) in [6.45, 7) is 8.24. The molecule has 3 N–H and O–H groups in total. The number of halogens is 1. The van der Waals surface area contributed by atoms with Crippen LogP contribution in [-0.2, 0) is 15.6 Å². The molecule has 0 unspecified atom stereocenters. The maximum atomic E-state index is 12.2. The zero-order chi connectivity index (χ0) is 18.3. The van der Waals surface area contributed by atoms with Gasteiger partial charge in [-0.3, -0.25) is 4.79 Å². The van der Waals surface area contributed by atoms with E-state index in [2.05, 4.69) is 50.4 Å². The molecule has 0 saturated heterocycles. The Balaban J connectivity index is 0.00000338. The van der Waals surface area contributed by atoms with Crippen LogP contribution in [0.2, 0.25) is 0 Å². The van der Waals surface area contributed by atoms with Crippen molar-refractivity contribution >= 4 is 18.3 Å². The zero-order valence-corrected chi connectivity index (χ0v) is 17.6. The molecule has 0 aromatic heterocycles. The predicted octanol–water partition coefficient (Wildman–Crippen LogP) is 4.85. The quantitative estimate of drug-likeness (QED) is 0.633. The summed E-state index contributed by atoms with van der Waals surface area (Å²) in [6.07, 6.45) is 8.49. The zero-order valence-electron chi connectivity index (χ0n) is 16.8. The number of unbranched alkanes of at least 4 members (excludes halogenated alkanes) is 2. The standard InChI is InChI=1S/C22H36N2O.ClH/c1-21(2,3)18-10-12-19(13-11-18)22(14-6-7-15-22)17-24-20(25)9-5-4-8-16-23;/h10-13H,4-9,14-17,23H2,1-3H3,(H,24,25);1H. The summed E-state index contributed by atoms with van der Waals surface area (Å²) in [5.41, 5.74) is 8.57. The molecule has 0 bridgehead atoms. The number of hydrogen-bond acceptors (Lipinski definition) is 2. The Morgan fingerprint density at radius 2 is 1.69 bits per heavy atom. The van der Waals surface area contributed by atoms with Crippen LogP contribution in [-0.4, -0.2) is 19.0 Å². The van der Waals surface area contributed by atoms with E-state index in [0.717, 1.165) is 32.4 Å². The Morgan fingerprint density at radius 1 is 1.08 bits per heavy atom. The Morgan fingerprint density at radius 3 is 2.23 bits per heavy atom. The molecule has 1 fully saturated rings. The minimum absolute atomic E-state index is 0. The lowest BCUT2D eigenvalue weighted by molar-refractivity contribution is -0.121. The fourth-order valence-corrected chi connectivity index (χ4v) is 3.91. The van der Waals surface area contributed by atoms with Gasteiger partial charge in [-0.2, -0.15) is 0 Å². The van der Waals surface area contributed by atoms with E-state index in [9.17, 15) is 4.79 Å². The highest BCUT2D eigenvalue weighted by molar-refractivity contribution is 5.85. The van der Waals surface area contributed by atoms with Crippen molar-refractivity contribution in [2.24, 2.45) is 5.73 Å². The minimum Gasteiger partial charge on any atom is -0.355 e. The highest BCUT2D eigenvalue weighted by atomic mass is 35.5. The lowest BCUT2D eigenvalue weighted by atomic mass is 9.77. The van der Waals surface area contributed by atoms with Crippen molar-refractivity contribution in [1.29, 1.82) is 0 Å². The van der Waals surface area contributed by atoms with Gasteiger partial charge in [-0.25, -0.2) is 0 Å². The molecular formula is C22H37ClN2O. The monoisotopic (exact) mass is 380 g/mol. The van der Waals surface area contributed by atoms with E-state index in [-0.39, 0.29) is 29.1 Å². The Hall–Kier alpha value is -1.06. The summed E-state index contributed by atoms with van der Waals surface area (Å²) in [7, 11) is 0. The second-order valence-corrected chi connectivity index (χ2v) is 8.69. The summed E-state index contributed by atoms with van der Waals surface area (Å²) in [5.74, 6) is 0.189. The van der Waals surface area contributed by atoms with E-state index < -0.39 is 0 Å². The third-order valence-corrected chi connectivity index (χ3v) is 5.66. The molecule has 0 atom stereocenters. The molecule has 2 rings (SSSR count). The van der Waals surface area contributed by atoms with Crippen LogP contribution >= 0.6 is 12.4 Å². The molecule has 26 heavy (non-hydrogen) atoms. The van der Waals surface area contributed by atoms with Crippen LogP contribution < -0.4 is 11.1 Å². The predicted molar refractivity (Wildman–Crippen MR) is 113 cm³/mol. The van der Waals surface area contributed by atoms with Crippen molar-refractivity contribution in [3.05, 3.63) is 35.4 Å². The normalized spacial score (nSPS) is 16.2. The molecule has 0 heterocycles. The number of amides is 1. The number of nitrogens with one attached hydrogen (secondary N) is 1. The highest BCUT2D eigenvalue weighted by Crippen LogP contribution is 2.41. The maximum absolute atomic E-state index is 12.2. The first-order chi connectivity index (χ1) is 11.9. The first kappa shape index (κ1) is 23.0. The topological polar surface area (TPSA) is 55.1 Å². The van der Waals surface area contributed by atoms with Crippen LogP contribution in [0, 0.1) is 0 Å². The van der Waals surface area contributed by atoms with E-state index in [1.165, 1.54) is 36.8 Å². The second-order valence-electron chi connectivity index (χ2n) is 8.69. The van der Waals surface area contributed by atoms with Gasteiger partial charge in [0, 0.05) is 18.4 Å². The SMILES string of the molecule is CC(C)(C)c1ccc(C2(CNC(=O)CCCCCN)CCCC2)cc1.Cl. The number of nitrogens with two attached hydrogens (primary N) is 1. The largest absolute Gasteiger partial charge is 0.355 e. The summed E-state index contributed by atoms with van der Waals surface area (Å²) >= 11 is 0. The summed E-state index contributed by atoms with van der Waals surface area (Å²) in [6, 6.07) is 9.12. The number of carbonyl (C=O) groups is 1. The molecule has 0 spiro atoms. The van der Waals surface area contributed by atoms with Crippen LogP contribution in [0.1, 0.15) is 83.3 Å². The van der Waals surface area contributed by atoms with Gasteiger partial charge >= 0.3 is 0 Å². The molecule has 1 aliphatic carbocycles. The van der Waals surface area contributed by atoms with Gasteiger partial charge in [0.25, 0.3) is 0 Å². The van der Waals surface area contributed by atoms with Gasteiger partial charge in [0.1, 0.15) is 0 Å². The highest BCUT2D eigenvalue weighted by Gasteiger charge is 2.36. The molecule has 1 saturated carbocycles. The summed E-state index contributed by atoms with van der Waals surface area (Å²) in [5, 5.41) is 3.22. The van der Waals surface area contributed by atoms with E-state index in [1.807, 2.05) is 0 Å². The fraction of sp³-hybridized carbons (Fsp3) is 0.682. The van der Waals surface area contributed by atoms with Crippen LogP contribution in [0.3, 0.4) is 0 Å². The molecule has 0 radical (unpaired) electrons. The number of hydrogen-bond donors (Lipinski definition) is 2. The number of carbonyl (C=O) groups excluding carboxylic acids is 1. The average molecular weight is 381 g/mol. The van der Waals surface area contributed by atoms with Crippen molar-refractivity contribution in [3.63, 3.8) is 0 Å². The van der Waals surface area contributed by atoms with Gasteiger partial charge in [0.2, 0.25) is 5.91 Å². The van der Waals surface area contributed by atoms with Gasteiger partial charge in [-0.05, 0) is 48.8 Å². The third kappa shape index (κ3) is 6.28. The first-order valence-corrected chi connectivity index (χ1v) is 9.95. The molecule has 4 heteroatoms. The van der Waals surface area contributed by atoms with Crippen molar-refractivity contribution < 1.29 is 4.79 Å². The fourth-order valence-electron chi connectivity index (χ4n) is 3.91. The first-order valence-electron chi connectivity index (χ1n) is 9.95. The number of benzene rings is 1. The van der Waals surface area contributed by atoms with Gasteiger partial charge in [-0.1, -0.05) is 64.3 Å². The molecule has 1 amide bonds. The van der Waals surface area contributed by atoms with E-state index in [4.69, 9.17) is 5.73 Å². The van der Waals surface area contributed by atoms with Gasteiger partial charge in [0.05, 0.1) is 0 Å². The molecule has 0 aliphatic heterocycles. The van der Waals surface area contributed by atoms with E-state index in [1.54, 1.807) is 0 Å². The van der Waals surface area contributed by atoms with Crippen LogP contribution in [0.15, 0.2) is 24.3 Å². The summed E-state index contributed by atoms with van der Waals surface area (Å²) < 4.78 is 0. The molecule has 3 nitrogen and oxygen atoms in total. The smallest absolute Gasteiger partial charge is 0.220 e. The average Bonchev–Trinajstić information content (AvgIpc) is 3.06. The lowest BCUT2D eigenvalue weighted by Crippen LogP contribution is -2.39. The third-order valence-electron chi connectivity index (χ3n) is 5.66. The Bertz CT molecular complexity index is 542. The molecule has 1 aliphatic rings. The van der Waals surface area contributed by atoms with E-state index in [0.29, 0.717) is 6.42 Å². The van der Waals surface area contributed by atoms with Crippen molar-refractivity contribution in [2.75, 3.05) is 13.1 Å². The Labute approximate surface area is 165 Å². The van der Waals surface area contributed by atoms with Gasteiger partial charge < -0.3 is 11.1 Å². The lowest BCUT2D eigenvalue weighted by Gasteiger charge is -2.31. The van der Waals surface area contributed by atoms with Crippen LogP contribution in [0.5, 0.6) is 0 Å². The van der Waals surface area contributed by atoms with Crippen molar-refractivity contribution in [3.8, 4) is 0 Å². The Kier molecular flexibility index (Phi) is 9.12. The van der Waals surface area contributed by atoms with Crippen molar-refractivity contribution in [1.82, 2.24) is 5.32 Å². The molecule has 1 aromatic carbocycles. The maximum Gasteiger partial charge on any atom is 0.220 e. The second kappa shape index (κ2) is 10.3. The van der Waals surface area contributed by atoms with Gasteiger partial charge in [0.15, 0.2) is 0 Å². The molecule has 148 valence electrons. The minimum atomic E-state index is 0. The van der Waals surface area contributed by atoms with Crippen molar-refractivity contribution in [2.45, 2.75) is 83.0 Å². The van der Waals surface area contributed by atoms with Gasteiger partial charge in [-0.15, -0.1) is 12.4 Å². The number of rotatable bonds is 8. The van der Waals surface area contributed by atoms with Crippen LogP contribution in [0.4, 0.5) is 0 Å². The van der Waals surface area contributed by atoms with Crippen LogP contribution in [0.25, 0.3) is 0 Å². The molecular weight excluding hydrogens is 344 g/mol. The molecule has 1 aromatic rings. The summed E-state index contributed by atoms with van der Waals surface area (Å²) in [4.78, 5) is 12.2. The van der Waals surface area contributed by atoms with E-state index >= 15 is 0 Å².